The molecule has 5 nitrogen and oxygen atoms in total. The molecule has 0 bridgehead atoms. The van der Waals surface area contributed by atoms with Crippen LogP contribution in [0.3, 0.4) is 0 Å². The third kappa shape index (κ3) is 1.64. The molecule has 1 heterocycles. The van der Waals surface area contributed by atoms with Gasteiger partial charge in [0.1, 0.15) is 0 Å². The van der Waals surface area contributed by atoms with Crippen LogP contribution in [0.25, 0.3) is 0 Å². The Morgan fingerprint density at radius 2 is 1.93 bits per heavy atom. The molecule has 0 amide bonds. The third-order valence-corrected chi connectivity index (χ3v) is 3.70. The zero-order valence-corrected chi connectivity index (χ0v) is 8.29. The van der Waals surface area contributed by atoms with E-state index in [1.165, 1.54) is 4.41 Å². The van der Waals surface area contributed by atoms with E-state index in [-0.39, 0.29) is 0 Å². The van der Waals surface area contributed by atoms with Gasteiger partial charge in [0, 0.05) is 13.1 Å². The van der Waals surface area contributed by atoms with Gasteiger partial charge in [-0.3, -0.25) is 0 Å². The van der Waals surface area contributed by atoms with Gasteiger partial charge in [0.15, 0.2) is 0 Å². The lowest BCUT2D eigenvalue weighted by molar-refractivity contribution is 0.370. The van der Waals surface area contributed by atoms with Crippen LogP contribution in [0.5, 0.6) is 0 Å². The highest BCUT2D eigenvalue weighted by Crippen LogP contribution is 2.13. The molecular formula is C8H11N3O2S. The fraction of sp³-hybridized carbons (Fsp3) is 0.250. The van der Waals surface area contributed by atoms with Crippen LogP contribution in [0, 0.1) is 0 Å². The minimum absolute atomic E-state index is 0.302. The van der Waals surface area contributed by atoms with E-state index in [2.05, 4.69) is 11.0 Å². The first-order valence-electron chi connectivity index (χ1n) is 4.27. The molecule has 6 heteroatoms. The number of benzene rings is 1. The molecule has 0 unspecified atom stereocenters. The summed E-state index contributed by atoms with van der Waals surface area (Å²) in [5.74, 6) is 0. The maximum atomic E-state index is 11.9. The summed E-state index contributed by atoms with van der Waals surface area (Å²) < 4.78 is 24.9. The summed E-state index contributed by atoms with van der Waals surface area (Å²) in [6.45, 7) is 1.06. The normalized spacial score (nSPS) is 18.6. The van der Waals surface area contributed by atoms with E-state index in [0.29, 0.717) is 18.0 Å². The zero-order valence-electron chi connectivity index (χ0n) is 7.47. The van der Waals surface area contributed by atoms with Crippen LogP contribution in [0.1, 0.15) is 0 Å². The zero-order chi connectivity index (χ0) is 10.0. The molecule has 0 saturated carbocycles. The number of rotatable bonds is 2. The third-order valence-electron chi connectivity index (χ3n) is 1.97. The van der Waals surface area contributed by atoms with Gasteiger partial charge < -0.3 is 0 Å². The van der Waals surface area contributed by atoms with Crippen LogP contribution < -0.4 is 11.0 Å². The van der Waals surface area contributed by atoms with Crippen LogP contribution in [-0.2, 0) is 10.0 Å². The van der Waals surface area contributed by atoms with Crippen LogP contribution in [0.2, 0.25) is 0 Å². The van der Waals surface area contributed by atoms with Gasteiger partial charge in [-0.2, -0.15) is 5.53 Å². The second-order valence-corrected chi connectivity index (χ2v) is 4.79. The fourth-order valence-electron chi connectivity index (χ4n) is 1.26. The van der Waals surface area contributed by atoms with Crippen molar-refractivity contribution in [2.45, 2.75) is 4.90 Å². The molecule has 2 rings (SSSR count). The highest BCUT2D eigenvalue weighted by Gasteiger charge is 2.26. The van der Waals surface area contributed by atoms with Crippen molar-refractivity contribution in [1.82, 2.24) is 15.4 Å². The van der Waals surface area contributed by atoms with Crippen LogP contribution in [-0.4, -0.2) is 25.9 Å². The Bertz CT molecular complexity index is 398. The monoisotopic (exact) mass is 213 g/mol. The van der Waals surface area contributed by atoms with Gasteiger partial charge in [-0.05, 0) is 12.1 Å². The number of nitrogens with zero attached hydrogens (tertiary/aromatic N) is 1. The molecule has 0 aromatic heterocycles. The Hall–Kier alpha value is -0.950. The fourth-order valence-corrected chi connectivity index (χ4v) is 2.53. The summed E-state index contributed by atoms with van der Waals surface area (Å²) in [5, 5.41) is 0. The largest absolute Gasteiger partial charge is 0.256 e. The summed E-state index contributed by atoms with van der Waals surface area (Å²) in [7, 11) is -3.38. The Morgan fingerprint density at radius 3 is 2.50 bits per heavy atom. The molecule has 1 saturated heterocycles. The maximum Gasteiger partial charge on any atom is 0.256 e. The quantitative estimate of drug-likeness (QED) is 0.708. The minimum atomic E-state index is -3.38. The Morgan fingerprint density at radius 1 is 1.21 bits per heavy atom. The average Bonchev–Trinajstić information content (AvgIpc) is 2.72. The summed E-state index contributed by atoms with van der Waals surface area (Å²) >= 11 is 0. The Labute approximate surface area is 82.7 Å². The van der Waals surface area contributed by atoms with E-state index in [0.717, 1.165) is 0 Å². The number of hydrogen-bond acceptors (Lipinski definition) is 4. The highest BCUT2D eigenvalue weighted by molar-refractivity contribution is 7.89. The smallest absolute Gasteiger partial charge is 0.242 e. The topological polar surface area (TPSA) is 61.4 Å². The Balaban J connectivity index is 2.33. The first-order chi connectivity index (χ1) is 6.71. The van der Waals surface area contributed by atoms with Gasteiger partial charge in [-0.25, -0.2) is 13.8 Å². The van der Waals surface area contributed by atoms with E-state index >= 15 is 0 Å². The molecule has 1 aliphatic heterocycles. The predicted octanol–water partition coefficient (Wildman–Crippen LogP) is -0.300. The Kier molecular flexibility index (Phi) is 2.51. The molecule has 2 N–H and O–H groups in total. The summed E-state index contributed by atoms with van der Waals surface area (Å²) in [5.41, 5.74) is 5.34. The van der Waals surface area contributed by atoms with E-state index in [1.54, 1.807) is 30.3 Å². The van der Waals surface area contributed by atoms with E-state index in [4.69, 9.17) is 0 Å². The molecule has 0 radical (unpaired) electrons. The summed E-state index contributed by atoms with van der Waals surface area (Å²) in [6, 6.07) is 8.35. The number of hydrazine groups is 2. The maximum absolute atomic E-state index is 11.9. The number of sulfonamides is 1. The van der Waals surface area contributed by atoms with E-state index in [9.17, 15) is 8.42 Å². The second-order valence-electron chi connectivity index (χ2n) is 2.93. The average molecular weight is 213 g/mol. The second kappa shape index (κ2) is 3.66. The van der Waals surface area contributed by atoms with Crippen LogP contribution in [0.15, 0.2) is 35.2 Å². The number of hydrogen-bond donors (Lipinski definition) is 2. The van der Waals surface area contributed by atoms with Crippen molar-refractivity contribution < 1.29 is 8.42 Å². The first kappa shape index (κ1) is 9.60. The van der Waals surface area contributed by atoms with E-state index in [1.807, 2.05) is 0 Å². The lowest BCUT2D eigenvalue weighted by Gasteiger charge is -2.14. The van der Waals surface area contributed by atoms with Gasteiger partial charge in [-0.1, -0.05) is 18.2 Å². The van der Waals surface area contributed by atoms with Crippen molar-refractivity contribution in [3.63, 3.8) is 0 Å². The summed E-state index contributed by atoms with van der Waals surface area (Å²) in [4.78, 5) is 0.302. The first-order valence-corrected chi connectivity index (χ1v) is 5.71. The highest BCUT2D eigenvalue weighted by atomic mass is 32.2. The van der Waals surface area contributed by atoms with Crippen molar-refractivity contribution in [3.8, 4) is 0 Å². The van der Waals surface area contributed by atoms with E-state index < -0.39 is 10.0 Å². The van der Waals surface area contributed by atoms with Crippen molar-refractivity contribution in [2.75, 3.05) is 13.1 Å². The molecular weight excluding hydrogens is 202 g/mol. The standard InChI is InChI=1S/C8H11N3O2S/c12-14(13,11-7-6-9-10-11)8-4-2-1-3-5-8/h1-5,9-10H,6-7H2. The molecule has 0 aliphatic carbocycles. The summed E-state index contributed by atoms with van der Waals surface area (Å²) in [6.07, 6.45) is 0. The lowest BCUT2D eigenvalue weighted by atomic mass is 10.4. The number of nitrogens with one attached hydrogen (secondary N) is 2. The van der Waals surface area contributed by atoms with Gasteiger partial charge in [-0.15, -0.1) is 4.41 Å². The van der Waals surface area contributed by atoms with Crippen LogP contribution >= 0.6 is 0 Å². The van der Waals surface area contributed by atoms with Gasteiger partial charge in [0.2, 0.25) is 0 Å². The molecule has 0 atom stereocenters. The van der Waals surface area contributed by atoms with Gasteiger partial charge in [0.25, 0.3) is 10.0 Å². The molecule has 0 spiro atoms. The SMILES string of the molecule is O=S(=O)(c1ccccc1)N1CCNN1. The van der Waals surface area contributed by atoms with Gasteiger partial charge >= 0.3 is 0 Å². The lowest BCUT2D eigenvalue weighted by Crippen LogP contribution is -2.40. The van der Waals surface area contributed by atoms with Crippen molar-refractivity contribution >= 4 is 10.0 Å². The molecule has 76 valence electrons. The van der Waals surface area contributed by atoms with Crippen LogP contribution in [0.4, 0.5) is 0 Å². The molecule has 1 aromatic rings. The predicted molar refractivity (Wildman–Crippen MR) is 51.5 cm³/mol. The molecule has 1 aromatic carbocycles. The molecule has 1 fully saturated rings. The van der Waals surface area contributed by atoms with Gasteiger partial charge in [0.05, 0.1) is 4.90 Å². The molecule has 14 heavy (non-hydrogen) atoms. The van der Waals surface area contributed by atoms with Crippen molar-refractivity contribution in [2.24, 2.45) is 0 Å². The minimum Gasteiger partial charge on any atom is -0.242 e. The van der Waals surface area contributed by atoms with Crippen molar-refractivity contribution in [1.29, 1.82) is 0 Å². The molecule has 1 aliphatic rings. The van der Waals surface area contributed by atoms with Crippen molar-refractivity contribution in [3.05, 3.63) is 30.3 Å².